The minimum absolute atomic E-state index is 0.192. The Morgan fingerprint density at radius 1 is 1.14 bits per heavy atom. The average Bonchev–Trinajstić information content (AvgIpc) is 3.42. The summed E-state index contributed by atoms with van der Waals surface area (Å²) < 4.78 is 54.5. The minimum atomic E-state index is -4.77. The zero-order valence-corrected chi connectivity index (χ0v) is 15.2. The zero-order chi connectivity index (χ0) is 19.3. The Bertz CT molecular complexity index is 849. The highest BCUT2D eigenvalue weighted by Gasteiger charge is 2.45. The molecule has 0 spiro atoms. The lowest BCUT2D eigenvalue weighted by molar-refractivity contribution is -0.274. The number of aromatic nitrogens is 1. The van der Waals surface area contributed by atoms with Crippen molar-refractivity contribution < 1.29 is 27.2 Å². The van der Waals surface area contributed by atoms with Gasteiger partial charge in [0.25, 0.3) is 0 Å². The van der Waals surface area contributed by atoms with Crippen LogP contribution in [0.5, 0.6) is 5.75 Å². The number of hydrogen-bond donors (Lipinski definition) is 1. The largest absolute Gasteiger partial charge is 0.573 e. The SMILES string of the molecule is FC(F)(F)Oc1ccccc1-c1noc(C2CC2)c1COC1C2CNCC1C2. The minimum Gasteiger partial charge on any atom is -0.405 e. The second-order valence-corrected chi connectivity index (χ2v) is 7.88. The Balaban J connectivity index is 1.44. The number of rotatable bonds is 6. The molecule has 2 saturated carbocycles. The molecule has 2 atom stereocenters. The van der Waals surface area contributed by atoms with E-state index in [4.69, 9.17) is 9.26 Å². The number of para-hydroxylation sites is 1. The van der Waals surface area contributed by atoms with Gasteiger partial charge in [-0.1, -0.05) is 17.3 Å². The number of alkyl halides is 3. The summed E-state index contributed by atoms with van der Waals surface area (Å²) in [6.45, 7) is 2.20. The quantitative estimate of drug-likeness (QED) is 0.794. The van der Waals surface area contributed by atoms with Gasteiger partial charge < -0.3 is 19.3 Å². The summed E-state index contributed by atoms with van der Waals surface area (Å²) >= 11 is 0. The third-order valence-corrected chi connectivity index (χ3v) is 5.90. The van der Waals surface area contributed by atoms with Crippen molar-refractivity contribution in [2.75, 3.05) is 13.1 Å². The van der Waals surface area contributed by atoms with Gasteiger partial charge in [-0.3, -0.25) is 0 Å². The lowest BCUT2D eigenvalue weighted by atomic mass is 9.69. The summed E-state index contributed by atoms with van der Waals surface area (Å²) in [6, 6.07) is 6.03. The molecule has 2 bridgehead atoms. The van der Waals surface area contributed by atoms with Crippen LogP contribution in [0.4, 0.5) is 13.2 Å². The van der Waals surface area contributed by atoms with Crippen molar-refractivity contribution in [3.63, 3.8) is 0 Å². The van der Waals surface area contributed by atoms with Crippen molar-refractivity contribution in [3.05, 3.63) is 35.6 Å². The fourth-order valence-electron chi connectivity index (χ4n) is 4.37. The molecule has 3 fully saturated rings. The Morgan fingerprint density at radius 3 is 2.57 bits per heavy atom. The molecule has 2 aromatic rings. The first kappa shape index (κ1) is 18.0. The lowest BCUT2D eigenvalue weighted by Gasteiger charge is -2.49. The molecule has 5 rings (SSSR count). The predicted molar refractivity (Wildman–Crippen MR) is 93.6 cm³/mol. The number of nitrogens with zero attached hydrogens (tertiary/aromatic N) is 1. The number of ether oxygens (including phenoxy) is 2. The van der Waals surface area contributed by atoms with Gasteiger partial charge in [0, 0.05) is 30.1 Å². The van der Waals surface area contributed by atoms with Crippen LogP contribution in [0.1, 0.15) is 36.5 Å². The molecule has 150 valence electrons. The summed E-state index contributed by atoms with van der Waals surface area (Å²) in [7, 11) is 0. The molecule has 2 aliphatic carbocycles. The molecule has 2 heterocycles. The summed E-state index contributed by atoms with van der Waals surface area (Å²) in [6.07, 6.45) is -1.40. The predicted octanol–water partition coefficient (Wildman–Crippen LogP) is 4.24. The molecule has 5 nitrogen and oxygen atoms in total. The van der Waals surface area contributed by atoms with E-state index in [1.807, 2.05) is 0 Å². The van der Waals surface area contributed by atoms with Crippen LogP contribution >= 0.6 is 0 Å². The van der Waals surface area contributed by atoms with E-state index in [1.165, 1.54) is 18.6 Å². The van der Waals surface area contributed by atoms with Gasteiger partial charge in [0.05, 0.1) is 12.7 Å². The van der Waals surface area contributed by atoms with E-state index in [0.717, 1.165) is 37.3 Å². The fraction of sp³-hybridized carbons (Fsp3) is 0.550. The van der Waals surface area contributed by atoms with Crippen molar-refractivity contribution in [2.45, 2.75) is 44.3 Å². The maximum absolute atomic E-state index is 12.8. The molecular weight excluding hydrogens is 373 g/mol. The molecule has 1 aromatic heterocycles. The smallest absolute Gasteiger partial charge is 0.405 e. The summed E-state index contributed by atoms with van der Waals surface area (Å²) in [5, 5.41) is 7.50. The Labute approximate surface area is 160 Å². The maximum Gasteiger partial charge on any atom is 0.573 e. The molecule has 8 heteroatoms. The van der Waals surface area contributed by atoms with Crippen LogP contribution in [-0.2, 0) is 11.3 Å². The number of nitrogens with one attached hydrogen (secondary N) is 1. The highest BCUT2D eigenvalue weighted by Crippen LogP contribution is 2.46. The third kappa shape index (κ3) is 3.39. The summed E-state index contributed by atoms with van der Waals surface area (Å²) in [4.78, 5) is 0. The van der Waals surface area contributed by atoms with Crippen LogP contribution in [0, 0.1) is 11.8 Å². The first-order chi connectivity index (χ1) is 13.5. The molecule has 2 unspecified atom stereocenters. The number of hydrogen-bond acceptors (Lipinski definition) is 5. The highest BCUT2D eigenvalue weighted by atomic mass is 19.4. The van der Waals surface area contributed by atoms with Gasteiger partial charge in [0.1, 0.15) is 17.2 Å². The number of fused-ring (bicyclic) bond motifs is 2. The van der Waals surface area contributed by atoms with E-state index in [2.05, 4.69) is 15.2 Å². The van der Waals surface area contributed by atoms with Gasteiger partial charge in [-0.05, 0) is 43.2 Å². The molecule has 1 aliphatic heterocycles. The van der Waals surface area contributed by atoms with Crippen molar-refractivity contribution >= 4 is 0 Å². The molecule has 28 heavy (non-hydrogen) atoms. The standard InChI is InChI=1S/C20H21F3N2O3/c21-20(22,23)27-16-4-2-1-3-14(16)17-15(19(28-25-17)11-5-6-11)10-26-18-12-7-13(18)9-24-8-12/h1-4,11-13,18,24H,5-10H2. The summed E-state index contributed by atoms with van der Waals surface area (Å²) in [5.74, 6) is 1.74. The van der Waals surface area contributed by atoms with Crippen LogP contribution in [0.3, 0.4) is 0 Å². The fourth-order valence-corrected chi connectivity index (χ4v) is 4.37. The molecule has 3 aliphatic rings. The van der Waals surface area contributed by atoms with Gasteiger partial charge in [0.2, 0.25) is 0 Å². The first-order valence-corrected chi connectivity index (χ1v) is 9.65. The number of piperidine rings is 2. The molecule has 0 amide bonds. The maximum atomic E-state index is 12.8. The van der Waals surface area contributed by atoms with Gasteiger partial charge in [0.15, 0.2) is 0 Å². The van der Waals surface area contributed by atoms with Gasteiger partial charge in [-0.15, -0.1) is 13.2 Å². The first-order valence-electron chi connectivity index (χ1n) is 9.65. The van der Waals surface area contributed by atoms with Crippen LogP contribution in [-0.4, -0.2) is 30.7 Å². The lowest BCUT2D eigenvalue weighted by Crippen LogP contribution is -2.57. The topological polar surface area (TPSA) is 56.5 Å². The molecular formula is C20H21F3N2O3. The van der Waals surface area contributed by atoms with Crippen LogP contribution in [0.2, 0.25) is 0 Å². The van der Waals surface area contributed by atoms with E-state index in [1.54, 1.807) is 12.1 Å². The number of halogens is 3. The van der Waals surface area contributed by atoms with E-state index in [0.29, 0.717) is 24.1 Å². The Kier molecular flexibility index (Phi) is 4.35. The highest BCUT2D eigenvalue weighted by molar-refractivity contribution is 5.70. The normalized spacial score (nSPS) is 26.8. The average molecular weight is 394 g/mol. The molecule has 1 N–H and O–H groups in total. The number of benzene rings is 1. The molecule has 1 aromatic carbocycles. The van der Waals surface area contributed by atoms with Crippen LogP contribution in [0.15, 0.2) is 28.8 Å². The molecule has 1 saturated heterocycles. The van der Waals surface area contributed by atoms with Crippen LogP contribution in [0.25, 0.3) is 11.3 Å². The second kappa shape index (κ2) is 6.77. The van der Waals surface area contributed by atoms with E-state index in [9.17, 15) is 13.2 Å². The molecule has 0 radical (unpaired) electrons. The van der Waals surface area contributed by atoms with Gasteiger partial charge in [-0.25, -0.2) is 0 Å². The Hall–Kier alpha value is -2.06. The van der Waals surface area contributed by atoms with E-state index in [-0.39, 0.29) is 23.3 Å². The van der Waals surface area contributed by atoms with E-state index < -0.39 is 6.36 Å². The third-order valence-electron chi connectivity index (χ3n) is 5.90. The van der Waals surface area contributed by atoms with Gasteiger partial charge >= 0.3 is 6.36 Å². The van der Waals surface area contributed by atoms with Crippen molar-refractivity contribution in [3.8, 4) is 17.0 Å². The van der Waals surface area contributed by atoms with E-state index >= 15 is 0 Å². The zero-order valence-electron chi connectivity index (χ0n) is 15.2. The summed E-state index contributed by atoms with van der Waals surface area (Å²) in [5.41, 5.74) is 1.40. The van der Waals surface area contributed by atoms with Crippen molar-refractivity contribution in [1.29, 1.82) is 0 Å². The van der Waals surface area contributed by atoms with Crippen molar-refractivity contribution in [2.24, 2.45) is 11.8 Å². The second-order valence-electron chi connectivity index (χ2n) is 7.88. The Morgan fingerprint density at radius 2 is 1.89 bits per heavy atom. The van der Waals surface area contributed by atoms with Crippen LogP contribution < -0.4 is 10.1 Å². The van der Waals surface area contributed by atoms with Crippen molar-refractivity contribution in [1.82, 2.24) is 10.5 Å². The van der Waals surface area contributed by atoms with Gasteiger partial charge in [-0.2, -0.15) is 0 Å². The monoisotopic (exact) mass is 394 g/mol.